The smallest absolute Gasteiger partial charge is 0.338 e. The van der Waals surface area contributed by atoms with Crippen LogP contribution >= 0.6 is 15.9 Å². The van der Waals surface area contributed by atoms with Gasteiger partial charge in [0, 0.05) is 13.0 Å². The lowest BCUT2D eigenvalue weighted by atomic mass is 10.1. The Morgan fingerprint density at radius 1 is 1.39 bits per heavy atom. The Hall–Kier alpha value is -1.13. The first-order valence-electron chi connectivity index (χ1n) is 5.83. The zero-order chi connectivity index (χ0) is 13.4. The van der Waals surface area contributed by atoms with Crippen molar-refractivity contribution in [2.45, 2.75) is 25.4 Å². The van der Waals surface area contributed by atoms with Crippen molar-refractivity contribution in [2.75, 3.05) is 6.61 Å². The number of aliphatic hydroxyl groups excluding tert-OH is 1. The molecule has 0 aromatic heterocycles. The monoisotopic (exact) mass is 312 g/mol. The number of rotatable bonds is 7. The summed E-state index contributed by atoms with van der Waals surface area (Å²) in [5.41, 5.74) is 0.534. The molecule has 0 amide bonds. The summed E-state index contributed by atoms with van der Waals surface area (Å²) in [4.78, 5) is 11.9. The van der Waals surface area contributed by atoms with E-state index in [-0.39, 0.29) is 18.7 Å². The van der Waals surface area contributed by atoms with Crippen LogP contribution in [-0.2, 0) is 4.74 Å². The predicted octanol–water partition coefficient (Wildman–Crippen LogP) is 3.28. The maximum atomic E-state index is 11.9. The van der Waals surface area contributed by atoms with Crippen LogP contribution in [0.2, 0.25) is 0 Å². The SMILES string of the molecule is C=C(Br)C[C@@H](CCCO)OC(=O)c1ccccc1. The molecule has 98 valence electrons. The Kier molecular flexibility index (Phi) is 6.68. The summed E-state index contributed by atoms with van der Waals surface area (Å²) in [7, 11) is 0. The van der Waals surface area contributed by atoms with Crippen molar-refractivity contribution in [1.29, 1.82) is 0 Å². The Bertz CT molecular complexity index is 389. The molecular formula is C14H17BrO3. The van der Waals surface area contributed by atoms with Crippen LogP contribution in [0.1, 0.15) is 29.6 Å². The van der Waals surface area contributed by atoms with Gasteiger partial charge in [0.05, 0.1) is 5.56 Å². The maximum absolute atomic E-state index is 11.9. The summed E-state index contributed by atoms with van der Waals surface area (Å²) in [6.45, 7) is 3.84. The Labute approximate surface area is 116 Å². The number of ether oxygens (including phenoxy) is 1. The quantitative estimate of drug-likeness (QED) is 0.786. The fourth-order valence-electron chi connectivity index (χ4n) is 1.56. The van der Waals surface area contributed by atoms with Crippen molar-refractivity contribution in [3.05, 3.63) is 47.0 Å². The number of halogens is 1. The molecule has 0 bridgehead atoms. The molecule has 1 atom stereocenters. The normalized spacial score (nSPS) is 11.9. The summed E-state index contributed by atoms with van der Waals surface area (Å²) >= 11 is 3.26. The van der Waals surface area contributed by atoms with E-state index < -0.39 is 0 Å². The zero-order valence-electron chi connectivity index (χ0n) is 10.1. The van der Waals surface area contributed by atoms with E-state index in [9.17, 15) is 4.79 Å². The largest absolute Gasteiger partial charge is 0.458 e. The topological polar surface area (TPSA) is 46.5 Å². The van der Waals surface area contributed by atoms with Crippen molar-refractivity contribution in [3.8, 4) is 0 Å². The fourth-order valence-corrected chi connectivity index (χ4v) is 1.92. The van der Waals surface area contributed by atoms with Gasteiger partial charge in [-0.3, -0.25) is 0 Å². The molecule has 0 spiro atoms. The zero-order valence-corrected chi connectivity index (χ0v) is 11.7. The van der Waals surface area contributed by atoms with Crippen LogP contribution in [0, 0.1) is 0 Å². The number of benzene rings is 1. The van der Waals surface area contributed by atoms with E-state index in [1.165, 1.54) is 0 Å². The summed E-state index contributed by atoms with van der Waals surface area (Å²) in [5.74, 6) is -0.340. The minimum Gasteiger partial charge on any atom is -0.458 e. The first-order valence-corrected chi connectivity index (χ1v) is 6.63. The van der Waals surface area contributed by atoms with Gasteiger partial charge in [-0.15, -0.1) is 0 Å². The molecule has 1 aromatic rings. The maximum Gasteiger partial charge on any atom is 0.338 e. The minimum absolute atomic E-state index is 0.0914. The average Bonchev–Trinajstić information content (AvgIpc) is 2.36. The lowest BCUT2D eigenvalue weighted by molar-refractivity contribution is 0.0272. The van der Waals surface area contributed by atoms with E-state index in [4.69, 9.17) is 9.84 Å². The fraction of sp³-hybridized carbons (Fsp3) is 0.357. The van der Waals surface area contributed by atoms with E-state index >= 15 is 0 Å². The van der Waals surface area contributed by atoms with Crippen LogP contribution in [0.5, 0.6) is 0 Å². The van der Waals surface area contributed by atoms with E-state index in [1.807, 2.05) is 6.07 Å². The Balaban J connectivity index is 2.59. The van der Waals surface area contributed by atoms with Crippen LogP contribution < -0.4 is 0 Å². The summed E-state index contributed by atoms with van der Waals surface area (Å²) in [6.07, 6.45) is 1.53. The number of aliphatic hydroxyl groups is 1. The number of esters is 1. The lowest BCUT2D eigenvalue weighted by Crippen LogP contribution is -2.19. The highest BCUT2D eigenvalue weighted by Crippen LogP contribution is 2.18. The van der Waals surface area contributed by atoms with Crippen molar-refractivity contribution < 1.29 is 14.6 Å². The van der Waals surface area contributed by atoms with E-state index in [1.54, 1.807) is 24.3 Å². The second kappa shape index (κ2) is 8.06. The van der Waals surface area contributed by atoms with Crippen LogP contribution in [-0.4, -0.2) is 23.8 Å². The molecule has 0 aliphatic heterocycles. The molecule has 0 unspecified atom stereocenters. The first kappa shape index (κ1) is 14.9. The van der Waals surface area contributed by atoms with Gasteiger partial charge in [0.1, 0.15) is 6.10 Å². The van der Waals surface area contributed by atoms with E-state index in [2.05, 4.69) is 22.5 Å². The molecule has 0 aliphatic carbocycles. The molecule has 0 aliphatic rings. The third-order valence-electron chi connectivity index (χ3n) is 2.42. The van der Waals surface area contributed by atoms with Gasteiger partial charge < -0.3 is 9.84 Å². The van der Waals surface area contributed by atoms with Crippen molar-refractivity contribution in [3.63, 3.8) is 0 Å². The van der Waals surface area contributed by atoms with Crippen LogP contribution in [0.4, 0.5) is 0 Å². The highest BCUT2D eigenvalue weighted by atomic mass is 79.9. The first-order chi connectivity index (χ1) is 8.63. The second-order valence-electron chi connectivity index (χ2n) is 3.98. The van der Waals surface area contributed by atoms with Gasteiger partial charge in [0.15, 0.2) is 0 Å². The Morgan fingerprint density at radius 3 is 2.61 bits per heavy atom. The van der Waals surface area contributed by atoms with Crippen molar-refractivity contribution in [1.82, 2.24) is 0 Å². The van der Waals surface area contributed by atoms with Crippen LogP contribution in [0.15, 0.2) is 41.4 Å². The molecule has 1 N–H and O–H groups in total. The van der Waals surface area contributed by atoms with Gasteiger partial charge in [-0.05, 0) is 29.5 Å². The van der Waals surface area contributed by atoms with E-state index in [0.717, 1.165) is 4.48 Å². The number of hydrogen-bond acceptors (Lipinski definition) is 3. The highest BCUT2D eigenvalue weighted by molar-refractivity contribution is 9.11. The van der Waals surface area contributed by atoms with Gasteiger partial charge in [-0.25, -0.2) is 4.79 Å². The molecular weight excluding hydrogens is 296 g/mol. The van der Waals surface area contributed by atoms with Gasteiger partial charge in [-0.2, -0.15) is 0 Å². The molecule has 3 nitrogen and oxygen atoms in total. The highest BCUT2D eigenvalue weighted by Gasteiger charge is 2.16. The summed E-state index contributed by atoms with van der Waals surface area (Å²) < 4.78 is 6.19. The Morgan fingerprint density at radius 2 is 2.06 bits per heavy atom. The number of hydrogen-bond donors (Lipinski definition) is 1. The van der Waals surface area contributed by atoms with Crippen LogP contribution in [0.25, 0.3) is 0 Å². The average molecular weight is 313 g/mol. The third kappa shape index (κ3) is 5.47. The molecule has 0 radical (unpaired) electrons. The van der Waals surface area contributed by atoms with Gasteiger partial charge in [0.2, 0.25) is 0 Å². The summed E-state index contributed by atoms with van der Waals surface area (Å²) in [6, 6.07) is 8.87. The van der Waals surface area contributed by atoms with Crippen molar-refractivity contribution in [2.24, 2.45) is 0 Å². The lowest BCUT2D eigenvalue weighted by Gasteiger charge is -2.17. The molecule has 1 rings (SSSR count). The van der Waals surface area contributed by atoms with Crippen molar-refractivity contribution >= 4 is 21.9 Å². The van der Waals surface area contributed by atoms with E-state index in [0.29, 0.717) is 24.8 Å². The van der Waals surface area contributed by atoms with Crippen LogP contribution in [0.3, 0.4) is 0 Å². The predicted molar refractivity (Wildman–Crippen MR) is 74.6 cm³/mol. The van der Waals surface area contributed by atoms with Gasteiger partial charge >= 0.3 is 5.97 Å². The second-order valence-corrected chi connectivity index (χ2v) is 5.10. The van der Waals surface area contributed by atoms with Gasteiger partial charge in [-0.1, -0.05) is 40.7 Å². The third-order valence-corrected chi connectivity index (χ3v) is 2.74. The molecule has 0 saturated heterocycles. The minimum atomic E-state index is -0.340. The number of carbonyl (C=O) groups excluding carboxylic acids is 1. The molecule has 4 heteroatoms. The molecule has 0 heterocycles. The molecule has 18 heavy (non-hydrogen) atoms. The molecule has 0 fully saturated rings. The standard InChI is InChI=1S/C14H17BrO3/c1-11(15)10-13(8-5-9-16)18-14(17)12-6-3-2-4-7-12/h2-4,6-7,13,16H,1,5,8-10H2/t13-/m1/s1. The molecule has 1 aromatic carbocycles. The number of carbonyl (C=O) groups is 1. The summed E-state index contributed by atoms with van der Waals surface area (Å²) in [5, 5.41) is 8.83. The molecule has 0 saturated carbocycles. The van der Waals surface area contributed by atoms with Gasteiger partial charge in [0.25, 0.3) is 0 Å².